The number of rotatable bonds is 5. The van der Waals surface area contributed by atoms with Crippen LogP contribution in [0.5, 0.6) is 11.6 Å². The van der Waals surface area contributed by atoms with Crippen molar-refractivity contribution in [2.45, 2.75) is 32.5 Å². The zero-order valence-corrected chi connectivity index (χ0v) is 15.9. The van der Waals surface area contributed by atoms with Crippen molar-refractivity contribution in [2.75, 3.05) is 13.1 Å². The number of carbonyl (C=O) groups excluding carboxylic acids is 1. The fourth-order valence-corrected chi connectivity index (χ4v) is 2.98. The minimum absolute atomic E-state index is 0.0194. The average Bonchev–Trinajstić information content (AvgIpc) is 3.05. The van der Waals surface area contributed by atoms with Crippen molar-refractivity contribution in [2.24, 2.45) is 0 Å². The topological polar surface area (TPSA) is 51.7 Å². The number of benzene rings is 1. The van der Waals surface area contributed by atoms with E-state index in [1.807, 2.05) is 55.1 Å². The van der Waals surface area contributed by atoms with Gasteiger partial charge in [-0.15, -0.1) is 0 Å². The van der Waals surface area contributed by atoms with E-state index < -0.39 is 0 Å². The summed E-state index contributed by atoms with van der Waals surface area (Å²) in [5.74, 6) is 1.37. The Morgan fingerprint density at radius 3 is 2.64 bits per heavy atom. The zero-order valence-electron chi connectivity index (χ0n) is 14.3. The Morgan fingerprint density at radius 2 is 2.00 bits per heavy atom. The number of ether oxygens (including phenoxy) is 2. The highest BCUT2D eigenvalue weighted by molar-refractivity contribution is 9.10. The number of hydrogen-bond acceptors (Lipinski definition) is 4. The van der Waals surface area contributed by atoms with Gasteiger partial charge in [0, 0.05) is 35.3 Å². The lowest BCUT2D eigenvalue weighted by Crippen LogP contribution is -2.31. The number of likely N-dealkylation sites (tertiary alicyclic amines) is 1. The molecule has 6 heteroatoms. The molecule has 2 aromatic rings. The van der Waals surface area contributed by atoms with Crippen LogP contribution in [0.2, 0.25) is 0 Å². The van der Waals surface area contributed by atoms with Crippen LogP contribution >= 0.6 is 15.9 Å². The maximum atomic E-state index is 12.6. The van der Waals surface area contributed by atoms with E-state index in [1.165, 1.54) is 0 Å². The van der Waals surface area contributed by atoms with Gasteiger partial charge in [0.1, 0.15) is 11.9 Å². The van der Waals surface area contributed by atoms with Gasteiger partial charge in [-0.05, 0) is 60.1 Å². The van der Waals surface area contributed by atoms with Crippen LogP contribution in [0.1, 0.15) is 30.6 Å². The number of aromatic nitrogens is 1. The van der Waals surface area contributed by atoms with Crippen molar-refractivity contribution in [3.8, 4) is 11.6 Å². The standard InChI is InChI=1S/C19H21BrN2O3/c1-13(2)24-16-6-3-14(4-7-16)19(23)22-10-9-17(12-22)25-18-8-5-15(20)11-21-18/h3-8,11,13,17H,9-10,12H2,1-2H3. The molecular weight excluding hydrogens is 384 g/mol. The van der Waals surface area contributed by atoms with Crippen molar-refractivity contribution in [3.05, 3.63) is 52.6 Å². The molecule has 1 aliphatic rings. The van der Waals surface area contributed by atoms with E-state index in [1.54, 1.807) is 6.20 Å². The maximum absolute atomic E-state index is 12.6. The van der Waals surface area contributed by atoms with Gasteiger partial charge in [0.2, 0.25) is 5.88 Å². The number of hydrogen-bond donors (Lipinski definition) is 0. The first-order valence-electron chi connectivity index (χ1n) is 8.35. The van der Waals surface area contributed by atoms with Gasteiger partial charge in [0.15, 0.2) is 0 Å². The Bertz CT molecular complexity index is 716. The van der Waals surface area contributed by atoms with E-state index in [2.05, 4.69) is 20.9 Å². The normalized spacial score (nSPS) is 17.0. The summed E-state index contributed by atoms with van der Waals surface area (Å²) in [6.07, 6.45) is 2.60. The van der Waals surface area contributed by atoms with Gasteiger partial charge in [-0.1, -0.05) is 0 Å². The van der Waals surface area contributed by atoms with Gasteiger partial charge < -0.3 is 14.4 Å². The molecule has 2 heterocycles. The lowest BCUT2D eigenvalue weighted by Gasteiger charge is -2.17. The van der Waals surface area contributed by atoms with Gasteiger partial charge in [-0.25, -0.2) is 4.98 Å². The third kappa shape index (κ3) is 4.72. The van der Waals surface area contributed by atoms with Gasteiger partial charge in [-0.2, -0.15) is 0 Å². The molecule has 3 rings (SSSR count). The molecule has 0 saturated carbocycles. The second kappa shape index (κ2) is 7.87. The second-order valence-corrected chi connectivity index (χ2v) is 7.20. The van der Waals surface area contributed by atoms with Crippen LogP contribution in [-0.4, -0.2) is 41.1 Å². The SMILES string of the molecule is CC(C)Oc1ccc(C(=O)N2CCC(Oc3ccc(Br)cn3)C2)cc1. The van der Waals surface area contributed by atoms with Crippen molar-refractivity contribution in [1.29, 1.82) is 0 Å². The molecule has 0 spiro atoms. The molecule has 0 N–H and O–H groups in total. The first-order valence-corrected chi connectivity index (χ1v) is 9.15. The van der Waals surface area contributed by atoms with Gasteiger partial charge in [-0.3, -0.25) is 4.79 Å². The summed E-state index contributed by atoms with van der Waals surface area (Å²) < 4.78 is 12.4. The molecule has 1 aromatic carbocycles. The average molecular weight is 405 g/mol. The predicted molar refractivity (Wildman–Crippen MR) is 99.1 cm³/mol. The van der Waals surface area contributed by atoms with Crippen LogP contribution < -0.4 is 9.47 Å². The van der Waals surface area contributed by atoms with Crippen LogP contribution in [0, 0.1) is 0 Å². The molecule has 0 bridgehead atoms. The summed E-state index contributed by atoms with van der Waals surface area (Å²) in [6.45, 7) is 5.21. The first kappa shape index (κ1) is 17.7. The Hall–Kier alpha value is -2.08. The number of halogens is 1. The van der Waals surface area contributed by atoms with Gasteiger partial charge >= 0.3 is 0 Å². The third-order valence-corrected chi connectivity index (χ3v) is 4.36. The predicted octanol–water partition coefficient (Wildman–Crippen LogP) is 3.92. The molecule has 1 aliphatic heterocycles. The van der Waals surface area contributed by atoms with E-state index in [0.29, 0.717) is 24.5 Å². The third-order valence-electron chi connectivity index (χ3n) is 3.89. The number of amides is 1. The smallest absolute Gasteiger partial charge is 0.253 e. The molecule has 1 amide bonds. The maximum Gasteiger partial charge on any atom is 0.253 e. The summed E-state index contributed by atoms with van der Waals surface area (Å²) in [4.78, 5) is 18.7. The lowest BCUT2D eigenvalue weighted by atomic mass is 10.2. The van der Waals surface area contributed by atoms with E-state index in [4.69, 9.17) is 9.47 Å². The van der Waals surface area contributed by atoms with Crippen LogP contribution in [0.4, 0.5) is 0 Å². The molecule has 5 nitrogen and oxygen atoms in total. The lowest BCUT2D eigenvalue weighted by molar-refractivity contribution is 0.0771. The molecule has 0 radical (unpaired) electrons. The summed E-state index contributed by atoms with van der Waals surface area (Å²) in [7, 11) is 0. The van der Waals surface area contributed by atoms with E-state index in [9.17, 15) is 4.79 Å². The minimum Gasteiger partial charge on any atom is -0.491 e. The highest BCUT2D eigenvalue weighted by Crippen LogP contribution is 2.21. The highest BCUT2D eigenvalue weighted by atomic mass is 79.9. The van der Waals surface area contributed by atoms with Crippen molar-refractivity contribution in [3.63, 3.8) is 0 Å². The van der Waals surface area contributed by atoms with E-state index in [-0.39, 0.29) is 18.1 Å². The van der Waals surface area contributed by atoms with Crippen LogP contribution in [0.15, 0.2) is 47.1 Å². The van der Waals surface area contributed by atoms with Gasteiger partial charge in [0.05, 0.1) is 12.6 Å². The monoisotopic (exact) mass is 404 g/mol. The van der Waals surface area contributed by atoms with Gasteiger partial charge in [0.25, 0.3) is 5.91 Å². The summed E-state index contributed by atoms with van der Waals surface area (Å²) in [5, 5.41) is 0. The Balaban J connectivity index is 1.57. The van der Waals surface area contributed by atoms with Crippen molar-refractivity contribution >= 4 is 21.8 Å². The van der Waals surface area contributed by atoms with Crippen LogP contribution in [-0.2, 0) is 0 Å². The largest absolute Gasteiger partial charge is 0.491 e. The number of carbonyl (C=O) groups is 1. The quantitative estimate of drug-likeness (QED) is 0.757. The number of nitrogens with zero attached hydrogens (tertiary/aromatic N) is 2. The Kier molecular flexibility index (Phi) is 5.58. The van der Waals surface area contributed by atoms with E-state index >= 15 is 0 Å². The van der Waals surface area contributed by atoms with Crippen LogP contribution in [0.3, 0.4) is 0 Å². The summed E-state index contributed by atoms with van der Waals surface area (Å²) >= 11 is 3.35. The number of pyridine rings is 1. The zero-order chi connectivity index (χ0) is 17.8. The fourth-order valence-electron chi connectivity index (χ4n) is 2.74. The highest BCUT2D eigenvalue weighted by Gasteiger charge is 2.28. The molecule has 1 atom stereocenters. The molecule has 1 fully saturated rings. The second-order valence-electron chi connectivity index (χ2n) is 6.29. The summed E-state index contributed by atoms with van der Waals surface area (Å²) in [5.41, 5.74) is 0.665. The Morgan fingerprint density at radius 1 is 1.24 bits per heavy atom. The Labute approximate surface area is 156 Å². The molecule has 25 heavy (non-hydrogen) atoms. The van der Waals surface area contributed by atoms with Crippen LogP contribution in [0.25, 0.3) is 0 Å². The fraction of sp³-hybridized carbons (Fsp3) is 0.368. The molecule has 1 unspecified atom stereocenters. The molecule has 1 saturated heterocycles. The first-order chi connectivity index (χ1) is 12.0. The van der Waals surface area contributed by atoms with E-state index in [0.717, 1.165) is 16.6 Å². The minimum atomic E-state index is -0.0267. The molecular formula is C19H21BrN2O3. The summed E-state index contributed by atoms with van der Waals surface area (Å²) in [6, 6.07) is 11.0. The van der Waals surface area contributed by atoms with Crippen molar-refractivity contribution in [1.82, 2.24) is 9.88 Å². The molecule has 0 aliphatic carbocycles. The molecule has 1 aromatic heterocycles. The molecule has 132 valence electrons. The van der Waals surface area contributed by atoms with Crippen molar-refractivity contribution < 1.29 is 14.3 Å².